The number of alkyl halides is 2. The number of likely N-dealkylation sites (tertiary alicyclic amines) is 1. The molecule has 1 aromatic rings. The Morgan fingerprint density at radius 2 is 2.06 bits per heavy atom. The molecule has 0 N–H and O–H groups in total. The SMILES string of the molecule is COc1nn(C)cc1C(=O)N1CCC(F)(F)CC1. The molecule has 0 saturated carbocycles. The van der Waals surface area contributed by atoms with Crippen LogP contribution < -0.4 is 4.74 Å². The molecular weight excluding hydrogens is 244 g/mol. The zero-order valence-electron chi connectivity index (χ0n) is 10.3. The van der Waals surface area contributed by atoms with Gasteiger partial charge in [0.15, 0.2) is 0 Å². The van der Waals surface area contributed by atoms with Crippen molar-refractivity contribution in [2.45, 2.75) is 18.8 Å². The molecular formula is C11H15F2N3O2. The summed E-state index contributed by atoms with van der Waals surface area (Å²) in [5.41, 5.74) is 0.310. The fraction of sp³-hybridized carbons (Fsp3) is 0.636. The van der Waals surface area contributed by atoms with Crippen LogP contribution in [0.15, 0.2) is 6.20 Å². The summed E-state index contributed by atoms with van der Waals surface area (Å²) >= 11 is 0. The molecule has 2 heterocycles. The average molecular weight is 259 g/mol. The third kappa shape index (κ3) is 2.44. The Balaban J connectivity index is 2.12. The summed E-state index contributed by atoms with van der Waals surface area (Å²) in [4.78, 5) is 13.6. The molecule has 1 aliphatic heterocycles. The van der Waals surface area contributed by atoms with Crippen LogP contribution in [0, 0.1) is 0 Å². The summed E-state index contributed by atoms with van der Waals surface area (Å²) in [6.07, 6.45) is 0.955. The minimum Gasteiger partial charge on any atom is -0.479 e. The molecule has 100 valence electrons. The van der Waals surface area contributed by atoms with Gasteiger partial charge in [-0.05, 0) is 0 Å². The zero-order chi connectivity index (χ0) is 13.3. The Morgan fingerprint density at radius 3 is 2.61 bits per heavy atom. The van der Waals surface area contributed by atoms with E-state index in [2.05, 4.69) is 5.10 Å². The molecule has 5 nitrogen and oxygen atoms in total. The van der Waals surface area contributed by atoms with Gasteiger partial charge in [-0.15, -0.1) is 5.10 Å². The second-order valence-corrected chi connectivity index (χ2v) is 4.37. The summed E-state index contributed by atoms with van der Waals surface area (Å²) in [7, 11) is 3.09. The smallest absolute Gasteiger partial charge is 0.260 e. The summed E-state index contributed by atoms with van der Waals surface area (Å²) in [5, 5.41) is 3.97. The van der Waals surface area contributed by atoms with Gasteiger partial charge in [0.1, 0.15) is 5.56 Å². The lowest BCUT2D eigenvalue weighted by Gasteiger charge is -2.31. The van der Waals surface area contributed by atoms with E-state index in [-0.39, 0.29) is 37.7 Å². The van der Waals surface area contributed by atoms with E-state index >= 15 is 0 Å². The van der Waals surface area contributed by atoms with E-state index in [4.69, 9.17) is 4.74 Å². The van der Waals surface area contributed by atoms with Crippen LogP contribution in [0.3, 0.4) is 0 Å². The number of hydrogen-bond donors (Lipinski definition) is 0. The molecule has 2 rings (SSSR count). The average Bonchev–Trinajstić information content (AvgIpc) is 2.69. The lowest BCUT2D eigenvalue weighted by Crippen LogP contribution is -2.42. The second kappa shape index (κ2) is 4.55. The molecule has 1 aliphatic rings. The first kappa shape index (κ1) is 12.8. The Hall–Kier alpha value is -1.66. The van der Waals surface area contributed by atoms with Crippen LogP contribution in [0.5, 0.6) is 5.88 Å². The van der Waals surface area contributed by atoms with Crippen molar-refractivity contribution < 1.29 is 18.3 Å². The number of ether oxygens (including phenoxy) is 1. The highest BCUT2D eigenvalue weighted by molar-refractivity contribution is 5.96. The monoisotopic (exact) mass is 259 g/mol. The van der Waals surface area contributed by atoms with Crippen molar-refractivity contribution >= 4 is 5.91 Å². The minimum atomic E-state index is -2.66. The fourth-order valence-corrected chi connectivity index (χ4v) is 1.97. The molecule has 0 atom stereocenters. The van der Waals surface area contributed by atoms with Gasteiger partial charge >= 0.3 is 0 Å². The van der Waals surface area contributed by atoms with Crippen LogP contribution in [0.2, 0.25) is 0 Å². The van der Waals surface area contributed by atoms with E-state index in [9.17, 15) is 13.6 Å². The van der Waals surface area contributed by atoms with Gasteiger partial charge in [0.25, 0.3) is 11.8 Å². The van der Waals surface area contributed by atoms with Gasteiger partial charge in [0.05, 0.1) is 7.11 Å². The van der Waals surface area contributed by atoms with E-state index in [0.717, 1.165) is 0 Å². The number of halogens is 2. The number of hydrogen-bond acceptors (Lipinski definition) is 3. The Labute approximate surface area is 103 Å². The highest BCUT2D eigenvalue weighted by Crippen LogP contribution is 2.29. The Kier molecular flexibility index (Phi) is 3.23. The lowest BCUT2D eigenvalue weighted by molar-refractivity contribution is -0.0494. The van der Waals surface area contributed by atoms with Crippen molar-refractivity contribution in [3.8, 4) is 5.88 Å². The lowest BCUT2D eigenvalue weighted by atomic mass is 10.1. The largest absolute Gasteiger partial charge is 0.479 e. The number of piperidine rings is 1. The van der Waals surface area contributed by atoms with Gasteiger partial charge in [-0.2, -0.15) is 0 Å². The molecule has 1 saturated heterocycles. The molecule has 0 spiro atoms. The van der Waals surface area contributed by atoms with Crippen molar-refractivity contribution in [1.29, 1.82) is 0 Å². The maximum absolute atomic E-state index is 13.0. The van der Waals surface area contributed by atoms with Gasteiger partial charge in [0, 0.05) is 39.2 Å². The number of aryl methyl sites for hydroxylation is 1. The van der Waals surface area contributed by atoms with Gasteiger partial charge < -0.3 is 9.64 Å². The maximum atomic E-state index is 13.0. The predicted molar refractivity (Wildman–Crippen MR) is 59.8 cm³/mol. The van der Waals surface area contributed by atoms with Gasteiger partial charge in [0.2, 0.25) is 5.88 Å². The summed E-state index contributed by atoms with van der Waals surface area (Å²) in [6, 6.07) is 0. The zero-order valence-corrected chi connectivity index (χ0v) is 10.3. The molecule has 0 radical (unpaired) electrons. The van der Waals surface area contributed by atoms with Crippen LogP contribution in [0.25, 0.3) is 0 Å². The highest BCUT2D eigenvalue weighted by Gasteiger charge is 2.36. The number of nitrogens with zero attached hydrogens (tertiary/aromatic N) is 3. The van der Waals surface area contributed by atoms with Crippen molar-refractivity contribution in [2.75, 3.05) is 20.2 Å². The van der Waals surface area contributed by atoms with Crippen molar-refractivity contribution in [3.05, 3.63) is 11.8 Å². The molecule has 1 fully saturated rings. The molecule has 0 unspecified atom stereocenters. The number of carbonyl (C=O) groups is 1. The second-order valence-electron chi connectivity index (χ2n) is 4.37. The number of aromatic nitrogens is 2. The van der Waals surface area contributed by atoms with Crippen molar-refractivity contribution in [2.24, 2.45) is 7.05 Å². The van der Waals surface area contributed by atoms with Gasteiger partial charge in [-0.25, -0.2) is 8.78 Å². The van der Waals surface area contributed by atoms with E-state index in [0.29, 0.717) is 5.56 Å². The Bertz CT molecular complexity index is 449. The molecule has 18 heavy (non-hydrogen) atoms. The third-order valence-electron chi connectivity index (χ3n) is 3.00. The first-order chi connectivity index (χ1) is 8.43. The Morgan fingerprint density at radius 1 is 1.44 bits per heavy atom. The standard InChI is InChI=1S/C11H15F2N3O2/c1-15-7-8(9(14-15)18-2)10(17)16-5-3-11(12,13)4-6-16/h7H,3-6H2,1-2H3. The highest BCUT2D eigenvalue weighted by atomic mass is 19.3. The number of carbonyl (C=O) groups excluding carboxylic acids is 1. The minimum absolute atomic E-state index is 0.0594. The third-order valence-corrected chi connectivity index (χ3v) is 3.00. The van der Waals surface area contributed by atoms with Crippen LogP contribution in [-0.4, -0.2) is 46.7 Å². The summed E-state index contributed by atoms with van der Waals surface area (Å²) < 4.78 is 32.5. The molecule has 7 heteroatoms. The van der Waals surface area contributed by atoms with Crippen LogP contribution in [0.1, 0.15) is 23.2 Å². The molecule has 1 amide bonds. The first-order valence-electron chi connectivity index (χ1n) is 5.68. The molecule has 0 bridgehead atoms. The first-order valence-corrected chi connectivity index (χ1v) is 5.68. The molecule has 0 aliphatic carbocycles. The van der Waals surface area contributed by atoms with Crippen LogP contribution >= 0.6 is 0 Å². The topological polar surface area (TPSA) is 47.4 Å². The van der Waals surface area contributed by atoms with Crippen molar-refractivity contribution in [1.82, 2.24) is 14.7 Å². The normalized spacial score (nSPS) is 18.8. The number of amides is 1. The maximum Gasteiger partial charge on any atom is 0.260 e. The van der Waals surface area contributed by atoms with Gasteiger partial charge in [-0.1, -0.05) is 0 Å². The number of rotatable bonds is 2. The van der Waals surface area contributed by atoms with Crippen LogP contribution in [0.4, 0.5) is 8.78 Å². The molecule has 0 aromatic carbocycles. The van der Waals surface area contributed by atoms with Crippen molar-refractivity contribution in [3.63, 3.8) is 0 Å². The predicted octanol–water partition coefficient (Wildman–Crippen LogP) is 1.30. The van der Waals surface area contributed by atoms with E-state index in [1.807, 2.05) is 0 Å². The fourth-order valence-electron chi connectivity index (χ4n) is 1.97. The van der Waals surface area contributed by atoms with Crippen LogP contribution in [-0.2, 0) is 7.05 Å². The van der Waals surface area contributed by atoms with E-state index < -0.39 is 5.92 Å². The summed E-state index contributed by atoms with van der Waals surface area (Å²) in [6.45, 7) is 0.119. The quantitative estimate of drug-likeness (QED) is 0.804. The molecule has 1 aromatic heterocycles. The van der Waals surface area contributed by atoms with Gasteiger partial charge in [-0.3, -0.25) is 9.48 Å². The number of methoxy groups -OCH3 is 1. The summed E-state index contributed by atoms with van der Waals surface area (Å²) in [5.74, 6) is -2.74. The van der Waals surface area contributed by atoms with E-state index in [1.54, 1.807) is 7.05 Å². The van der Waals surface area contributed by atoms with E-state index in [1.165, 1.54) is 22.9 Å².